The van der Waals surface area contributed by atoms with Crippen molar-refractivity contribution in [3.05, 3.63) is 18.0 Å². The van der Waals surface area contributed by atoms with E-state index in [1.165, 1.54) is 0 Å². The molecule has 0 saturated heterocycles. The second-order valence-corrected chi connectivity index (χ2v) is 3.50. The molecule has 0 atom stereocenters. The maximum Gasteiger partial charge on any atom is 0.225 e. The fourth-order valence-corrected chi connectivity index (χ4v) is 1.34. The Balaban J connectivity index is 2.77. The average Bonchev–Trinajstić information content (AvgIpc) is 2.38. The van der Waals surface area contributed by atoms with E-state index in [0.717, 1.165) is 6.54 Å². The Morgan fingerprint density at radius 1 is 1.29 bits per heavy atom. The summed E-state index contributed by atoms with van der Waals surface area (Å²) in [6.07, 6.45) is 1.22. The third kappa shape index (κ3) is 3.92. The van der Waals surface area contributed by atoms with Crippen molar-refractivity contribution in [1.29, 1.82) is 0 Å². The zero-order valence-electron chi connectivity index (χ0n) is 10.7. The predicted octanol–water partition coefficient (Wildman–Crippen LogP) is 0.851. The summed E-state index contributed by atoms with van der Waals surface area (Å²) in [5.74, 6) is 0.624. The van der Waals surface area contributed by atoms with Crippen LogP contribution in [0, 0.1) is 0 Å². The standard InChI is InChI=1S/C11H19N3O3/c1-14(7-8-15-2)11-12-6-5-9(13-11)10(16-3)17-4/h5-6,10H,7-8H2,1-4H3. The van der Waals surface area contributed by atoms with E-state index >= 15 is 0 Å². The minimum absolute atomic E-state index is 0.465. The monoisotopic (exact) mass is 241 g/mol. The van der Waals surface area contributed by atoms with Crippen LogP contribution in [0.2, 0.25) is 0 Å². The Morgan fingerprint density at radius 2 is 2.00 bits per heavy atom. The van der Waals surface area contributed by atoms with Gasteiger partial charge in [-0.1, -0.05) is 0 Å². The Labute approximate surface area is 102 Å². The van der Waals surface area contributed by atoms with E-state index in [1.54, 1.807) is 33.6 Å². The first-order chi connectivity index (χ1) is 8.22. The highest BCUT2D eigenvalue weighted by Crippen LogP contribution is 2.16. The molecule has 0 fully saturated rings. The van der Waals surface area contributed by atoms with Crippen molar-refractivity contribution in [2.24, 2.45) is 0 Å². The predicted molar refractivity (Wildman–Crippen MR) is 63.9 cm³/mol. The number of methoxy groups -OCH3 is 3. The SMILES string of the molecule is COCCN(C)c1nccc(C(OC)OC)n1. The topological polar surface area (TPSA) is 56.7 Å². The lowest BCUT2D eigenvalue weighted by atomic mass is 10.4. The number of nitrogens with zero attached hydrogens (tertiary/aromatic N) is 3. The lowest BCUT2D eigenvalue weighted by Crippen LogP contribution is -2.24. The molecule has 0 spiro atoms. The first kappa shape index (κ1) is 13.8. The first-order valence-corrected chi connectivity index (χ1v) is 5.31. The van der Waals surface area contributed by atoms with Gasteiger partial charge >= 0.3 is 0 Å². The lowest BCUT2D eigenvalue weighted by molar-refractivity contribution is -0.108. The van der Waals surface area contributed by atoms with E-state index in [1.807, 2.05) is 11.9 Å². The van der Waals surface area contributed by atoms with Gasteiger partial charge in [-0.3, -0.25) is 0 Å². The molecule has 17 heavy (non-hydrogen) atoms. The number of anilines is 1. The van der Waals surface area contributed by atoms with Crippen molar-refractivity contribution in [1.82, 2.24) is 9.97 Å². The smallest absolute Gasteiger partial charge is 0.225 e. The number of rotatable bonds is 7. The van der Waals surface area contributed by atoms with Crippen molar-refractivity contribution in [2.75, 3.05) is 46.4 Å². The molecule has 0 N–H and O–H groups in total. The number of hydrogen-bond donors (Lipinski definition) is 0. The van der Waals surface area contributed by atoms with Crippen LogP contribution in [0.4, 0.5) is 5.95 Å². The van der Waals surface area contributed by atoms with Gasteiger partial charge in [0.15, 0.2) is 0 Å². The normalized spacial score (nSPS) is 10.9. The molecule has 0 bridgehead atoms. The Bertz CT molecular complexity index is 331. The van der Waals surface area contributed by atoms with Gasteiger partial charge < -0.3 is 19.1 Å². The minimum atomic E-state index is -0.465. The van der Waals surface area contributed by atoms with E-state index in [9.17, 15) is 0 Å². The van der Waals surface area contributed by atoms with Crippen molar-refractivity contribution in [2.45, 2.75) is 6.29 Å². The molecule has 96 valence electrons. The van der Waals surface area contributed by atoms with Crippen molar-refractivity contribution in [3.8, 4) is 0 Å². The summed E-state index contributed by atoms with van der Waals surface area (Å²) in [6, 6.07) is 1.77. The van der Waals surface area contributed by atoms with Crippen LogP contribution in [0.5, 0.6) is 0 Å². The number of ether oxygens (including phenoxy) is 3. The van der Waals surface area contributed by atoms with Gasteiger partial charge in [0.2, 0.25) is 12.2 Å². The van der Waals surface area contributed by atoms with Crippen LogP contribution in [0.1, 0.15) is 12.0 Å². The molecular weight excluding hydrogens is 222 g/mol. The zero-order chi connectivity index (χ0) is 12.7. The maximum absolute atomic E-state index is 5.15. The van der Waals surface area contributed by atoms with E-state index in [0.29, 0.717) is 18.2 Å². The Morgan fingerprint density at radius 3 is 2.59 bits per heavy atom. The van der Waals surface area contributed by atoms with E-state index < -0.39 is 6.29 Å². The zero-order valence-corrected chi connectivity index (χ0v) is 10.7. The summed E-state index contributed by atoms with van der Waals surface area (Å²) in [4.78, 5) is 10.5. The average molecular weight is 241 g/mol. The summed E-state index contributed by atoms with van der Waals surface area (Å²) in [5.41, 5.74) is 0.698. The van der Waals surface area contributed by atoms with Gasteiger partial charge in [-0.2, -0.15) is 0 Å². The van der Waals surface area contributed by atoms with Crippen LogP contribution in [0.3, 0.4) is 0 Å². The van der Waals surface area contributed by atoms with Gasteiger partial charge in [0.1, 0.15) is 5.69 Å². The molecule has 0 aromatic carbocycles. The quantitative estimate of drug-likeness (QED) is 0.660. The maximum atomic E-state index is 5.15. The molecule has 1 heterocycles. The van der Waals surface area contributed by atoms with Gasteiger partial charge in [-0.05, 0) is 6.07 Å². The molecule has 0 aliphatic heterocycles. The molecule has 1 rings (SSSR count). The second kappa shape index (κ2) is 7.16. The van der Waals surface area contributed by atoms with Crippen LogP contribution in [-0.4, -0.2) is 51.5 Å². The lowest BCUT2D eigenvalue weighted by Gasteiger charge is -2.18. The third-order valence-corrected chi connectivity index (χ3v) is 2.31. The number of hydrogen-bond acceptors (Lipinski definition) is 6. The third-order valence-electron chi connectivity index (χ3n) is 2.31. The molecule has 6 heteroatoms. The molecule has 1 aromatic heterocycles. The largest absolute Gasteiger partial charge is 0.383 e. The van der Waals surface area contributed by atoms with Gasteiger partial charge in [0.05, 0.1) is 6.61 Å². The Kier molecular flexibility index (Phi) is 5.82. The van der Waals surface area contributed by atoms with Crippen LogP contribution < -0.4 is 4.90 Å². The van der Waals surface area contributed by atoms with Gasteiger partial charge in [0.25, 0.3) is 0 Å². The number of likely N-dealkylation sites (N-methyl/N-ethyl adjacent to an activating group) is 1. The first-order valence-electron chi connectivity index (χ1n) is 5.31. The van der Waals surface area contributed by atoms with E-state index in [4.69, 9.17) is 14.2 Å². The fourth-order valence-electron chi connectivity index (χ4n) is 1.34. The van der Waals surface area contributed by atoms with Crippen molar-refractivity contribution < 1.29 is 14.2 Å². The van der Waals surface area contributed by atoms with Crippen molar-refractivity contribution >= 4 is 5.95 Å². The van der Waals surface area contributed by atoms with Gasteiger partial charge in [-0.15, -0.1) is 0 Å². The molecule has 0 amide bonds. The molecule has 0 aliphatic carbocycles. The summed E-state index contributed by atoms with van der Waals surface area (Å²) >= 11 is 0. The van der Waals surface area contributed by atoms with E-state index in [2.05, 4.69) is 9.97 Å². The fraction of sp³-hybridized carbons (Fsp3) is 0.636. The van der Waals surface area contributed by atoms with Crippen molar-refractivity contribution in [3.63, 3.8) is 0 Å². The van der Waals surface area contributed by atoms with Crippen LogP contribution in [0.25, 0.3) is 0 Å². The molecule has 0 unspecified atom stereocenters. The highest BCUT2D eigenvalue weighted by Gasteiger charge is 2.13. The van der Waals surface area contributed by atoms with Crippen LogP contribution >= 0.6 is 0 Å². The van der Waals surface area contributed by atoms with Crippen LogP contribution in [-0.2, 0) is 14.2 Å². The Hall–Kier alpha value is -1.24. The highest BCUT2D eigenvalue weighted by molar-refractivity contribution is 5.28. The van der Waals surface area contributed by atoms with Gasteiger partial charge in [0, 0.05) is 41.1 Å². The minimum Gasteiger partial charge on any atom is -0.383 e. The number of aromatic nitrogens is 2. The summed E-state index contributed by atoms with van der Waals surface area (Å²) < 4.78 is 15.3. The molecule has 0 aliphatic rings. The second-order valence-electron chi connectivity index (χ2n) is 3.50. The molecule has 1 aromatic rings. The van der Waals surface area contributed by atoms with E-state index in [-0.39, 0.29) is 0 Å². The van der Waals surface area contributed by atoms with Crippen LogP contribution in [0.15, 0.2) is 12.3 Å². The highest BCUT2D eigenvalue weighted by atomic mass is 16.7. The molecule has 0 radical (unpaired) electrons. The molecular formula is C11H19N3O3. The summed E-state index contributed by atoms with van der Waals surface area (Å²) in [5, 5.41) is 0. The molecule has 0 saturated carbocycles. The molecule has 6 nitrogen and oxygen atoms in total. The summed E-state index contributed by atoms with van der Waals surface area (Å²) in [6.45, 7) is 1.35. The summed E-state index contributed by atoms with van der Waals surface area (Å²) in [7, 11) is 6.72. The van der Waals surface area contributed by atoms with Gasteiger partial charge in [-0.25, -0.2) is 9.97 Å².